The molecule has 0 aliphatic rings. The van der Waals surface area contributed by atoms with Crippen molar-refractivity contribution in [3.63, 3.8) is 0 Å². The number of carbonyl (C=O) groups is 1. The van der Waals surface area contributed by atoms with Gasteiger partial charge in [0.25, 0.3) is 0 Å². The van der Waals surface area contributed by atoms with Crippen LogP contribution in [-0.4, -0.2) is 42.0 Å². The van der Waals surface area contributed by atoms with Crippen LogP contribution in [0.25, 0.3) is 10.9 Å². The zero-order valence-corrected chi connectivity index (χ0v) is 17.9. The molecular weight excluding hydrogens is 403 g/mol. The van der Waals surface area contributed by atoms with E-state index in [-0.39, 0.29) is 5.39 Å². The number of ether oxygens (including phenoxy) is 3. The van der Waals surface area contributed by atoms with Crippen LogP contribution in [0.4, 0.5) is 26.4 Å². The van der Waals surface area contributed by atoms with Crippen molar-refractivity contribution >= 4 is 34.2 Å². The molecule has 2 aromatic carbocycles. The highest BCUT2D eigenvalue weighted by atomic mass is 19.1. The number of rotatable bonds is 7. The van der Waals surface area contributed by atoms with Gasteiger partial charge >= 0.3 is 6.09 Å². The number of hydrogen-bond donors (Lipinski definition) is 2. The van der Waals surface area contributed by atoms with Crippen LogP contribution in [0.1, 0.15) is 20.8 Å². The number of methoxy groups -OCH3 is 1. The Kier molecular flexibility index (Phi) is 6.86. The molecule has 1 aromatic heterocycles. The maximum Gasteiger partial charge on any atom is 0.412 e. The molecule has 1 amide bonds. The summed E-state index contributed by atoms with van der Waals surface area (Å²) in [5.41, 5.74) is 1.05. The van der Waals surface area contributed by atoms with E-state index in [1.165, 1.54) is 12.4 Å². The fourth-order valence-electron chi connectivity index (χ4n) is 2.73. The predicted octanol–water partition coefficient (Wildman–Crippen LogP) is 4.88. The van der Waals surface area contributed by atoms with Gasteiger partial charge in [0.15, 0.2) is 0 Å². The highest BCUT2D eigenvalue weighted by Crippen LogP contribution is 2.29. The third kappa shape index (κ3) is 6.26. The Hall–Kier alpha value is -3.46. The highest BCUT2D eigenvalue weighted by molar-refractivity contribution is 5.92. The van der Waals surface area contributed by atoms with Crippen molar-refractivity contribution in [3.8, 4) is 5.75 Å². The van der Waals surface area contributed by atoms with Gasteiger partial charge in [0.05, 0.1) is 17.5 Å². The van der Waals surface area contributed by atoms with Crippen molar-refractivity contribution in [2.45, 2.75) is 26.4 Å². The summed E-state index contributed by atoms with van der Waals surface area (Å²) in [6.45, 7) is 6.08. The van der Waals surface area contributed by atoms with Gasteiger partial charge in [0.2, 0.25) is 0 Å². The van der Waals surface area contributed by atoms with Gasteiger partial charge in [-0.05, 0) is 45.0 Å². The van der Waals surface area contributed by atoms with Crippen LogP contribution in [0, 0.1) is 5.82 Å². The molecule has 0 bridgehead atoms. The maximum absolute atomic E-state index is 14.8. The first-order valence-electron chi connectivity index (χ1n) is 9.68. The summed E-state index contributed by atoms with van der Waals surface area (Å²) in [4.78, 5) is 20.2. The van der Waals surface area contributed by atoms with Gasteiger partial charge in [-0.15, -0.1) is 0 Å². The minimum absolute atomic E-state index is 0.248. The molecule has 3 rings (SSSR count). The lowest BCUT2D eigenvalue weighted by molar-refractivity contribution is 0.0636. The van der Waals surface area contributed by atoms with Crippen LogP contribution in [0.2, 0.25) is 0 Å². The van der Waals surface area contributed by atoms with Crippen molar-refractivity contribution in [2.24, 2.45) is 0 Å². The van der Waals surface area contributed by atoms with Crippen molar-refractivity contribution in [3.05, 3.63) is 48.5 Å². The largest absolute Gasteiger partial charge is 0.491 e. The van der Waals surface area contributed by atoms with Gasteiger partial charge in [-0.3, -0.25) is 5.32 Å². The number of benzene rings is 2. The van der Waals surface area contributed by atoms with Crippen LogP contribution in [-0.2, 0) is 9.47 Å². The summed E-state index contributed by atoms with van der Waals surface area (Å²) in [6.07, 6.45) is 0.808. The van der Waals surface area contributed by atoms with Crippen LogP contribution >= 0.6 is 0 Å². The molecule has 0 aliphatic heterocycles. The molecule has 1 heterocycles. The zero-order valence-electron chi connectivity index (χ0n) is 17.9. The normalized spacial score (nSPS) is 11.3. The average molecular weight is 428 g/mol. The van der Waals surface area contributed by atoms with Crippen LogP contribution in [0.15, 0.2) is 42.7 Å². The van der Waals surface area contributed by atoms with E-state index in [2.05, 4.69) is 20.6 Å². The number of halogens is 1. The molecule has 0 spiro atoms. The number of carbonyl (C=O) groups excluding carboxylic acids is 1. The molecule has 9 heteroatoms. The number of amides is 1. The molecule has 31 heavy (non-hydrogen) atoms. The molecular formula is C22H25FN4O4. The minimum atomic E-state index is -0.585. The predicted molar refractivity (Wildman–Crippen MR) is 116 cm³/mol. The quantitative estimate of drug-likeness (QED) is 0.518. The first-order valence-corrected chi connectivity index (χ1v) is 9.68. The van der Waals surface area contributed by atoms with E-state index in [1.807, 2.05) is 0 Å². The minimum Gasteiger partial charge on any atom is -0.491 e. The fourth-order valence-corrected chi connectivity index (χ4v) is 2.73. The van der Waals surface area contributed by atoms with Crippen LogP contribution < -0.4 is 15.4 Å². The van der Waals surface area contributed by atoms with Gasteiger partial charge in [-0.1, -0.05) is 0 Å². The second kappa shape index (κ2) is 9.57. The topological polar surface area (TPSA) is 94.6 Å². The molecule has 0 saturated carbocycles. The van der Waals surface area contributed by atoms with Gasteiger partial charge in [-0.2, -0.15) is 0 Å². The lowest BCUT2D eigenvalue weighted by atomic mass is 10.2. The van der Waals surface area contributed by atoms with E-state index >= 15 is 0 Å². The maximum atomic E-state index is 14.8. The standard InChI is InChI=1S/C22H25FN4O4/c1-22(2,3)31-21(28)27-15-7-5-14(6-8-15)26-20-19-17(23)11-16(30-10-9-29-4)12-18(19)24-13-25-20/h5-8,11-13H,9-10H2,1-4H3,(H,27,28)(H,24,25,26). The Morgan fingerprint density at radius 3 is 2.45 bits per heavy atom. The number of nitrogens with zero attached hydrogens (tertiary/aromatic N) is 2. The van der Waals surface area contributed by atoms with Gasteiger partial charge in [0.1, 0.15) is 35.9 Å². The lowest BCUT2D eigenvalue weighted by Crippen LogP contribution is -2.27. The van der Waals surface area contributed by atoms with Gasteiger partial charge in [-0.25, -0.2) is 19.2 Å². The molecule has 2 N–H and O–H groups in total. The van der Waals surface area contributed by atoms with E-state index in [1.54, 1.807) is 58.2 Å². The molecule has 8 nitrogen and oxygen atoms in total. The number of hydrogen-bond acceptors (Lipinski definition) is 7. The zero-order chi connectivity index (χ0) is 22.4. The van der Waals surface area contributed by atoms with Gasteiger partial charge in [0, 0.05) is 30.6 Å². The summed E-state index contributed by atoms with van der Waals surface area (Å²) in [5, 5.41) is 5.99. The lowest BCUT2D eigenvalue weighted by Gasteiger charge is -2.19. The van der Waals surface area contributed by atoms with Crippen molar-refractivity contribution in [1.82, 2.24) is 9.97 Å². The molecule has 0 atom stereocenters. The van der Waals surface area contributed by atoms with E-state index in [4.69, 9.17) is 14.2 Å². The monoisotopic (exact) mass is 428 g/mol. The van der Waals surface area contributed by atoms with Crippen molar-refractivity contribution in [2.75, 3.05) is 31.0 Å². The number of nitrogens with one attached hydrogen (secondary N) is 2. The van der Waals surface area contributed by atoms with Crippen LogP contribution in [0.3, 0.4) is 0 Å². The molecule has 0 saturated heterocycles. The summed E-state index contributed by atoms with van der Waals surface area (Å²) >= 11 is 0. The Bertz CT molecular complexity index is 1050. The van der Waals surface area contributed by atoms with E-state index < -0.39 is 17.5 Å². The summed E-state index contributed by atoms with van der Waals surface area (Å²) in [7, 11) is 1.57. The SMILES string of the molecule is COCCOc1cc(F)c2c(Nc3ccc(NC(=O)OC(C)(C)C)cc3)ncnc2c1. The van der Waals surface area contributed by atoms with E-state index in [0.29, 0.717) is 41.7 Å². The molecule has 0 aliphatic carbocycles. The smallest absolute Gasteiger partial charge is 0.412 e. The Morgan fingerprint density at radius 2 is 1.77 bits per heavy atom. The first kappa shape index (κ1) is 22.2. The molecule has 164 valence electrons. The second-order valence-electron chi connectivity index (χ2n) is 7.69. The Morgan fingerprint density at radius 1 is 1.06 bits per heavy atom. The Labute approximate surface area is 179 Å². The molecule has 0 fully saturated rings. The van der Waals surface area contributed by atoms with Crippen molar-refractivity contribution in [1.29, 1.82) is 0 Å². The second-order valence-corrected chi connectivity index (χ2v) is 7.69. The third-order valence-corrected chi connectivity index (χ3v) is 4.01. The van der Waals surface area contributed by atoms with Gasteiger partial charge < -0.3 is 19.5 Å². The number of fused-ring (bicyclic) bond motifs is 1. The number of anilines is 3. The highest BCUT2D eigenvalue weighted by Gasteiger charge is 2.16. The summed E-state index contributed by atoms with van der Waals surface area (Å²) < 4.78 is 30.4. The molecule has 0 radical (unpaired) electrons. The fraction of sp³-hybridized carbons (Fsp3) is 0.318. The Balaban J connectivity index is 1.75. The summed E-state index contributed by atoms with van der Waals surface area (Å²) in [6, 6.07) is 9.82. The van der Waals surface area contributed by atoms with Crippen LogP contribution in [0.5, 0.6) is 5.75 Å². The third-order valence-electron chi connectivity index (χ3n) is 4.01. The van der Waals surface area contributed by atoms with Crippen molar-refractivity contribution < 1.29 is 23.4 Å². The van der Waals surface area contributed by atoms with E-state index in [0.717, 1.165) is 0 Å². The average Bonchev–Trinajstić information content (AvgIpc) is 2.68. The summed E-state index contributed by atoms with van der Waals surface area (Å²) in [5.74, 6) is 0.180. The molecule has 3 aromatic rings. The van der Waals surface area contributed by atoms with E-state index in [9.17, 15) is 9.18 Å². The molecule has 0 unspecified atom stereocenters. The number of aromatic nitrogens is 2. The first-order chi connectivity index (χ1) is 14.7.